The summed E-state index contributed by atoms with van der Waals surface area (Å²) in [5.41, 5.74) is 4.66. The minimum atomic E-state index is 0.0598. The number of H-pyrrole nitrogens is 1. The van der Waals surface area contributed by atoms with Crippen molar-refractivity contribution in [2.75, 3.05) is 6.54 Å². The highest BCUT2D eigenvalue weighted by Gasteiger charge is 2.14. The average molecular weight is 368 g/mol. The number of hydrogen-bond acceptors (Lipinski definition) is 1. The van der Waals surface area contributed by atoms with Crippen LogP contribution in [-0.4, -0.2) is 17.4 Å². The molecule has 28 heavy (non-hydrogen) atoms. The molecular weight excluding hydrogens is 344 g/mol. The molecule has 0 unspecified atom stereocenters. The number of amides is 1. The first-order chi connectivity index (χ1) is 13.8. The molecule has 0 saturated carbocycles. The van der Waals surface area contributed by atoms with Crippen LogP contribution in [0.25, 0.3) is 10.9 Å². The van der Waals surface area contributed by atoms with E-state index in [0.29, 0.717) is 13.0 Å². The molecule has 0 atom stereocenters. The van der Waals surface area contributed by atoms with E-state index in [1.807, 2.05) is 36.5 Å². The number of carbonyl (C=O) groups excluding carboxylic acids is 1. The van der Waals surface area contributed by atoms with Crippen molar-refractivity contribution in [1.82, 2.24) is 10.3 Å². The Bertz CT molecular complexity index is 998. The fraction of sp³-hybridized carbons (Fsp3) is 0.160. The van der Waals surface area contributed by atoms with Gasteiger partial charge in [-0.25, -0.2) is 0 Å². The van der Waals surface area contributed by atoms with Crippen LogP contribution in [0.4, 0.5) is 0 Å². The average Bonchev–Trinajstić information content (AvgIpc) is 3.15. The van der Waals surface area contributed by atoms with Gasteiger partial charge in [-0.15, -0.1) is 0 Å². The van der Waals surface area contributed by atoms with E-state index < -0.39 is 0 Å². The Balaban J connectivity index is 1.40. The van der Waals surface area contributed by atoms with Crippen LogP contribution in [0.1, 0.15) is 29.0 Å². The number of rotatable bonds is 7. The Morgan fingerprint density at radius 2 is 1.43 bits per heavy atom. The highest BCUT2D eigenvalue weighted by molar-refractivity contribution is 5.88. The van der Waals surface area contributed by atoms with E-state index in [-0.39, 0.29) is 11.8 Å². The van der Waals surface area contributed by atoms with Gasteiger partial charge in [0.1, 0.15) is 0 Å². The van der Waals surface area contributed by atoms with Crippen molar-refractivity contribution in [2.45, 2.75) is 18.8 Å². The van der Waals surface area contributed by atoms with Crippen molar-refractivity contribution in [2.24, 2.45) is 0 Å². The Kier molecular flexibility index (Phi) is 5.53. The van der Waals surface area contributed by atoms with Gasteiger partial charge in [0.2, 0.25) is 5.91 Å². The molecule has 140 valence electrons. The molecule has 3 heteroatoms. The van der Waals surface area contributed by atoms with Gasteiger partial charge in [0, 0.05) is 29.6 Å². The Labute approximate surface area is 165 Å². The number of fused-ring (bicyclic) bond motifs is 1. The molecule has 0 spiro atoms. The molecule has 3 nitrogen and oxygen atoms in total. The maximum absolute atomic E-state index is 12.5. The predicted molar refractivity (Wildman–Crippen MR) is 114 cm³/mol. The number of aromatic nitrogens is 1. The van der Waals surface area contributed by atoms with Gasteiger partial charge >= 0.3 is 0 Å². The summed E-state index contributed by atoms with van der Waals surface area (Å²) in [5.74, 6) is 0.334. The van der Waals surface area contributed by atoms with E-state index in [0.717, 1.165) is 22.9 Å². The zero-order valence-corrected chi connectivity index (χ0v) is 15.8. The van der Waals surface area contributed by atoms with Gasteiger partial charge in [-0.3, -0.25) is 4.79 Å². The molecular formula is C25H24N2O. The molecule has 0 saturated heterocycles. The largest absolute Gasteiger partial charge is 0.361 e. The molecule has 0 radical (unpaired) electrons. The predicted octanol–water partition coefficient (Wildman–Crippen LogP) is 5.05. The van der Waals surface area contributed by atoms with Gasteiger partial charge in [0.15, 0.2) is 0 Å². The fourth-order valence-corrected chi connectivity index (χ4v) is 3.77. The number of aromatic amines is 1. The first-order valence-electron chi connectivity index (χ1n) is 9.73. The molecule has 0 aliphatic rings. The Hall–Kier alpha value is -3.33. The molecule has 0 aliphatic heterocycles. The van der Waals surface area contributed by atoms with Crippen LogP contribution < -0.4 is 5.32 Å². The molecule has 1 amide bonds. The van der Waals surface area contributed by atoms with E-state index in [1.54, 1.807) is 0 Å². The first kappa shape index (κ1) is 18.1. The molecule has 0 bridgehead atoms. The molecule has 3 aromatic carbocycles. The van der Waals surface area contributed by atoms with Crippen molar-refractivity contribution >= 4 is 16.8 Å². The summed E-state index contributed by atoms with van der Waals surface area (Å²) in [7, 11) is 0. The maximum atomic E-state index is 12.5. The van der Waals surface area contributed by atoms with Gasteiger partial charge < -0.3 is 10.3 Å². The monoisotopic (exact) mass is 368 g/mol. The van der Waals surface area contributed by atoms with Crippen molar-refractivity contribution in [1.29, 1.82) is 0 Å². The molecule has 1 heterocycles. The lowest BCUT2D eigenvalue weighted by atomic mass is 9.88. The third kappa shape index (κ3) is 4.15. The second-order valence-corrected chi connectivity index (χ2v) is 7.05. The van der Waals surface area contributed by atoms with Crippen LogP contribution in [0.2, 0.25) is 0 Å². The van der Waals surface area contributed by atoms with Crippen LogP contribution in [0.5, 0.6) is 0 Å². The normalized spacial score (nSPS) is 11.0. The Morgan fingerprint density at radius 3 is 2.11 bits per heavy atom. The minimum absolute atomic E-state index is 0.0598. The smallest absolute Gasteiger partial charge is 0.224 e. The number of nitrogens with one attached hydrogen (secondary N) is 2. The number of hydrogen-bond donors (Lipinski definition) is 2. The lowest BCUT2D eigenvalue weighted by Gasteiger charge is -2.18. The summed E-state index contributed by atoms with van der Waals surface area (Å²) < 4.78 is 0. The highest BCUT2D eigenvalue weighted by Crippen LogP contribution is 2.27. The number of para-hydroxylation sites is 1. The summed E-state index contributed by atoms with van der Waals surface area (Å²) in [4.78, 5) is 15.7. The summed E-state index contributed by atoms with van der Waals surface area (Å²) >= 11 is 0. The van der Waals surface area contributed by atoms with Crippen LogP contribution in [0.3, 0.4) is 0 Å². The summed E-state index contributed by atoms with van der Waals surface area (Å²) in [6.07, 6.45) is 3.19. The van der Waals surface area contributed by atoms with Gasteiger partial charge in [0.05, 0.1) is 6.42 Å². The van der Waals surface area contributed by atoms with Crippen molar-refractivity contribution in [3.8, 4) is 0 Å². The molecule has 1 aromatic heterocycles. The second kappa shape index (κ2) is 8.57. The molecule has 4 aromatic rings. The second-order valence-electron chi connectivity index (χ2n) is 7.05. The summed E-state index contributed by atoms with van der Waals surface area (Å²) in [5, 5.41) is 4.22. The topological polar surface area (TPSA) is 44.9 Å². The van der Waals surface area contributed by atoms with Crippen molar-refractivity contribution in [3.05, 3.63) is 108 Å². The van der Waals surface area contributed by atoms with Crippen LogP contribution in [-0.2, 0) is 11.2 Å². The van der Waals surface area contributed by atoms with E-state index in [4.69, 9.17) is 0 Å². The van der Waals surface area contributed by atoms with Gasteiger partial charge in [-0.1, -0.05) is 78.9 Å². The highest BCUT2D eigenvalue weighted by atomic mass is 16.1. The SMILES string of the molecule is O=C(Cc1c[nH]c2ccccc12)NCCC(c1ccccc1)c1ccccc1. The zero-order valence-electron chi connectivity index (χ0n) is 15.8. The van der Waals surface area contributed by atoms with Crippen LogP contribution >= 0.6 is 0 Å². The lowest BCUT2D eigenvalue weighted by Crippen LogP contribution is -2.27. The van der Waals surface area contributed by atoms with E-state index in [9.17, 15) is 4.79 Å². The van der Waals surface area contributed by atoms with E-state index >= 15 is 0 Å². The molecule has 4 rings (SSSR count). The van der Waals surface area contributed by atoms with Gasteiger partial charge in [-0.05, 0) is 29.2 Å². The third-order valence-corrected chi connectivity index (χ3v) is 5.18. The lowest BCUT2D eigenvalue weighted by molar-refractivity contribution is -0.120. The zero-order chi connectivity index (χ0) is 19.2. The molecule has 2 N–H and O–H groups in total. The minimum Gasteiger partial charge on any atom is -0.361 e. The van der Waals surface area contributed by atoms with Crippen molar-refractivity contribution in [3.63, 3.8) is 0 Å². The molecule has 0 fully saturated rings. The molecule has 0 aliphatic carbocycles. The van der Waals surface area contributed by atoms with E-state index in [2.05, 4.69) is 64.9 Å². The van der Waals surface area contributed by atoms with E-state index in [1.165, 1.54) is 11.1 Å². The standard InChI is InChI=1S/C25H24N2O/c28-25(17-21-18-27-24-14-8-7-13-23(21)24)26-16-15-22(19-9-3-1-4-10-19)20-11-5-2-6-12-20/h1-14,18,22,27H,15-17H2,(H,26,28). The summed E-state index contributed by atoms with van der Waals surface area (Å²) in [6, 6.07) is 29.1. The quantitative estimate of drug-likeness (QED) is 0.471. The number of carbonyl (C=O) groups is 1. The van der Waals surface area contributed by atoms with Crippen LogP contribution in [0.15, 0.2) is 91.1 Å². The van der Waals surface area contributed by atoms with Crippen LogP contribution in [0, 0.1) is 0 Å². The van der Waals surface area contributed by atoms with Crippen molar-refractivity contribution < 1.29 is 4.79 Å². The Morgan fingerprint density at radius 1 is 0.821 bits per heavy atom. The number of benzene rings is 3. The maximum Gasteiger partial charge on any atom is 0.224 e. The first-order valence-corrected chi connectivity index (χ1v) is 9.73. The van der Waals surface area contributed by atoms with Gasteiger partial charge in [-0.2, -0.15) is 0 Å². The fourth-order valence-electron chi connectivity index (χ4n) is 3.77. The summed E-state index contributed by atoms with van der Waals surface area (Å²) in [6.45, 7) is 0.648. The van der Waals surface area contributed by atoms with Gasteiger partial charge in [0.25, 0.3) is 0 Å². The third-order valence-electron chi connectivity index (χ3n) is 5.18.